The molecule has 0 fully saturated rings. The minimum absolute atomic E-state index is 0.0659. The summed E-state index contributed by atoms with van der Waals surface area (Å²) in [6.45, 7) is 6.10. The number of nitrogens with zero attached hydrogens (tertiary/aromatic N) is 2. The summed E-state index contributed by atoms with van der Waals surface area (Å²) in [6, 6.07) is 18.4. The van der Waals surface area contributed by atoms with Crippen LogP contribution in [0.2, 0.25) is 0 Å². The van der Waals surface area contributed by atoms with Gasteiger partial charge in [0.15, 0.2) is 0 Å². The highest BCUT2D eigenvalue weighted by Gasteiger charge is 2.39. The van der Waals surface area contributed by atoms with Crippen LogP contribution in [0.15, 0.2) is 77.0 Å². The Morgan fingerprint density at radius 1 is 0.939 bits per heavy atom. The van der Waals surface area contributed by atoms with Crippen LogP contribution in [0.5, 0.6) is 5.75 Å². The van der Waals surface area contributed by atoms with Crippen molar-refractivity contribution in [2.45, 2.75) is 20.4 Å². The van der Waals surface area contributed by atoms with Crippen LogP contribution in [0.1, 0.15) is 25.2 Å². The Morgan fingerprint density at radius 3 is 2.21 bits per heavy atom. The third-order valence-electron chi connectivity index (χ3n) is 5.71. The first-order valence-electron chi connectivity index (χ1n) is 10.9. The molecule has 0 aliphatic carbocycles. The fraction of sp³-hybridized carbons (Fsp3) is 0.231. The number of carbonyl (C=O) groups excluding carboxylic acids is 2. The summed E-state index contributed by atoms with van der Waals surface area (Å²) in [4.78, 5) is 30.1. The highest BCUT2D eigenvalue weighted by Crippen LogP contribution is 2.32. The Bertz CT molecular complexity index is 1150. The number of benzene rings is 2. The number of amides is 2. The van der Waals surface area contributed by atoms with Crippen molar-refractivity contribution >= 4 is 28.8 Å². The highest BCUT2D eigenvalue weighted by molar-refractivity contribution is 6.36. The maximum atomic E-state index is 13.3. The Morgan fingerprint density at radius 2 is 1.64 bits per heavy atom. The van der Waals surface area contributed by atoms with Crippen LogP contribution in [0, 0.1) is 0 Å². The van der Waals surface area contributed by atoms with Crippen LogP contribution < -0.4 is 15.0 Å². The molecular weight excluding hydrogens is 418 g/mol. The first kappa shape index (κ1) is 22.2. The standard InChI is InChI=1S/C26H27N3O4/c1-4-28(5-2)20-12-10-19(11-13-20)27-24-23(18-8-14-21(32-3)15-9-18)25(30)29(26(24)31)17-22-7-6-16-33-22/h6-16,27H,4-5,17H2,1-3H3. The van der Waals surface area contributed by atoms with Crippen LogP contribution in [-0.4, -0.2) is 36.9 Å². The number of anilines is 2. The van der Waals surface area contributed by atoms with E-state index in [9.17, 15) is 9.59 Å². The zero-order chi connectivity index (χ0) is 23.4. The molecule has 7 nitrogen and oxygen atoms in total. The number of hydrogen-bond donors (Lipinski definition) is 1. The van der Waals surface area contributed by atoms with Crippen molar-refractivity contribution < 1.29 is 18.7 Å². The lowest BCUT2D eigenvalue weighted by Crippen LogP contribution is -2.31. The van der Waals surface area contributed by atoms with Gasteiger partial charge < -0.3 is 19.4 Å². The summed E-state index contributed by atoms with van der Waals surface area (Å²) in [5.74, 6) is 0.444. The zero-order valence-corrected chi connectivity index (χ0v) is 19.0. The molecule has 170 valence electrons. The first-order chi connectivity index (χ1) is 16.0. The molecule has 1 aliphatic rings. The van der Waals surface area contributed by atoms with E-state index in [2.05, 4.69) is 24.1 Å². The smallest absolute Gasteiger partial charge is 0.278 e. The summed E-state index contributed by atoms with van der Waals surface area (Å²) < 4.78 is 10.6. The number of hydrogen-bond acceptors (Lipinski definition) is 6. The van der Waals surface area contributed by atoms with E-state index in [1.54, 1.807) is 43.5 Å². The van der Waals surface area contributed by atoms with E-state index >= 15 is 0 Å². The third kappa shape index (κ3) is 4.48. The molecule has 0 saturated carbocycles. The van der Waals surface area contributed by atoms with Gasteiger partial charge in [0.05, 0.1) is 25.5 Å². The van der Waals surface area contributed by atoms with E-state index in [0.717, 1.165) is 24.5 Å². The van der Waals surface area contributed by atoms with Crippen molar-refractivity contribution in [3.8, 4) is 5.75 Å². The van der Waals surface area contributed by atoms with Crippen molar-refractivity contribution in [3.63, 3.8) is 0 Å². The van der Waals surface area contributed by atoms with Crippen LogP contribution in [-0.2, 0) is 16.1 Å². The van der Waals surface area contributed by atoms with Gasteiger partial charge in [-0.05, 0) is 67.9 Å². The number of carbonyl (C=O) groups is 2. The van der Waals surface area contributed by atoms with E-state index in [1.807, 2.05) is 24.3 Å². The molecule has 1 aliphatic heterocycles. The van der Waals surface area contributed by atoms with Crippen molar-refractivity contribution in [1.29, 1.82) is 0 Å². The van der Waals surface area contributed by atoms with Gasteiger partial charge in [-0.15, -0.1) is 0 Å². The lowest BCUT2D eigenvalue weighted by molar-refractivity contribution is -0.137. The lowest BCUT2D eigenvalue weighted by atomic mass is 10.0. The van der Waals surface area contributed by atoms with E-state index in [0.29, 0.717) is 22.6 Å². The number of rotatable bonds is 9. The number of methoxy groups -OCH3 is 1. The third-order valence-corrected chi connectivity index (χ3v) is 5.71. The summed E-state index contributed by atoms with van der Waals surface area (Å²) >= 11 is 0. The molecule has 0 saturated heterocycles. The molecule has 0 radical (unpaired) electrons. The van der Waals surface area contributed by atoms with Gasteiger partial charge in [-0.3, -0.25) is 14.5 Å². The minimum atomic E-state index is -0.393. The van der Waals surface area contributed by atoms with E-state index in [4.69, 9.17) is 9.15 Å². The molecule has 1 aromatic heterocycles. The maximum Gasteiger partial charge on any atom is 0.278 e. The molecule has 2 amide bonds. The second kappa shape index (κ2) is 9.65. The fourth-order valence-electron chi connectivity index (χ4n) is 3.91. The summed E-state index contributed by atoms with van der Waals surface area (Å²) in [6.07, 6.45) is 1.52. The SMILES string of the molecule is CCN(CC)c1ccc(NC2=C(c3ccc(OC)cc3)C(=O)N(Cc3ccco3)C2=O)cc1. The van der Waals surface area contributed by atoms with E-state index < -0.39 is 5.91 Å². The van der Waals surface area contributed by atoms with E-state index in [1.165, 1.54) is 11.2 Å². The fourth-order valence-corrected chi connectivity index (χ4v) is 3.91. The summed E-state index contributed by atoms with van der Waals surface area (Å²) in [7, 11) is 1.58. The molecule has 0 spiro atoms. The van der Waals surface area contributed by atoms with Gasteiger partial charge in [-0.25, -0.2) is 0 Å². The second-order valence-electron chi connectivity index (χ2n) is 7.60. The van der Waals surface area contributed by atoms with Crippen LogP contribution in [0.3, 0.4) is 0 Å². The average molecular weight is 446 g/mol. The lowest BCUT2D eigenvalue weighted by Gasteiger charge is -2.21. The van der Waals surface area contributed by atoms with Gasteiger partial charge in [-0.1, -0.05) is 12.1 Å². The maximum absolute atomic E-state index is 13.3. The van der Waals surface area contributed by atoms with Crippen molar-refractivity contribution in [3.05, 3.63) is 83.9 Å². The Kier molecular flexibility index (Phi) is 6.49. The largest absolute Gasteiger partial charge is 0.497 e. The normalized spacial score (nSPS) is 13.6. The Labute approximate surface area is 193 Å². The molecule has 7 heteroatoms. The van der Waals surface area contributed by atoms with Crippen LogP contribution >= 0.6 is 0 Å². The quantitative estimate of drug-likeness (QED) is 0.488. The number of furan rings is 1. The van der Waals surface area contributed by atoms with Gasteiger partial charge in [0.2, 0.25) is 0 Å². The van der Waals surface area contributed by atoms with Gasteiger partial charge in [0.25, 0.3) is 11.8 Å². The van der Waals surface area contributed by atoms with Crippen LogP contribution in [0.4, 0.5) is 11.4 Å². The minimum Gasteiger partial charge on any atom is -0.497 e. The molecule has 1 N–H and O–H groups in total. The van der Waals surface area contributed by atoms with Gasteiger partial charge >= 0.3 is 0 Å². The molecule has 2 aromatic carbocycles. The highest BCUT2D eigenvalue weighted by atomic mass is 16.5. The van der Waals surface area contributed by atoms with Crippen molar-refractivity contribution in [1.82, 2.24) is 4.90 Å². The average Bonchev–Trinajstić information content (AvgIpc) is 3.44. The predicted molar refractivity (Wildman–Crippen MR) is 128 cm³/mol. The molecular formula is C26H27N3O4. The first-order valence-corrected chi connectivity index (χ1v) is 10.9. The van der Waals surface area contributed by atoms with E-state index in [-0.39, 0.29) is 18.1 Å². The van der Waals surface area contributed by atoms with Gasteiger partial charge in [-0.2, -0.15) is 0 Å². The summed E-state index contributed by atoms with van der Waals surface area (Å²) in [5.41, 5.74) is 3.03. The molecule has 0 unspecified atom stereocenters. The molecule has 4 rings (SSSR count). The monoisotopic (exact) mass is 445 g/mol. The van der Waals surface area contributed by atoms with Crippen LogP contribution in [0.25, 0.3) is 5.57 Å². The van der Waals surface area contributed by atoms with Gasteiger partial charge in [0.1, 0.15) is 17.2 Å². The van der Waals surface area contributed by atoms with Crippen molar-refractivity contribution in [2.75, 3.05) is 30.4 Å². The molecule has 2 heterocycles. The molecule has 33 heavy (non-hydrogen) atoms. The van der Waals surface area contributed by atoms with Gasteiger partial charge in [0, 0.05) is 24.5 Å². The zero-order valence-electron chi connectivity index (χ0n) is 19.0. The Balaban J connectivity index is 1.68. The number of nitrogens with one attached hydrogen (secondary N) is 1. The second-order valence-corrected chi connectivity index (χ2v) is 7.60. The Hall–Kier alpha value is -4.00. The summed E-state index contributed by atoms with van der Waals surface area (Å²) in [5, 5.41) is 3.20. The topological polar surface area (TPSA) is 75.0 Å². The predicted octanol–water partition coefficient (Wildman–Crippen LogP) is 4.53. The molecule has 3 aromatic rings. The molecule has 0 bridgehead atoms. The number of ether oxygens (including phenoxy) is 1. The van der Waals surface area contributed by atoms with Crippen molar-refractivity contribution in [2.24, 2.45) is 0 Å². The molecule has 0 atom stereocenters. The number of imide groups is 1.